The van der Waals surface area contributed by atoms with Crippen LogP contribution in [0.4, 0.5) is 5.95 Å². The first-order valence-corrected chi connectivity index (χ1v) is 5.58. The zero-order valence-corrected chi connectivity index (χ0v) is 9.87. The number of nitrogens with zero attached hydrogens (tertiary/aromatic N) is 2. The standard InChI is InChI=1S/C11H18N4.H3N/c1-9-6-13-11(14-7-9)15-8-10-2-4-12-5-3-10;/h6-7,10,12H,2-5,8H2,1H3,(H,13,14,15);1H3. The van der Waals surface area contributed by atoms with Gasteiger partial charge in [0.2, 0.25) is 5.95 Å². The molecule has 2 rings (SSSR count). The van der Waals surface area contributed by atoms with E-state index in [0.29, 0.717) is 0 Å². The summed E-state index contributed by atoms with van der Waals surface area (Å²) in [5.41, 5.74) is 1.10. The SMILES string of the molecule is Cc1cnc(NCC2CCNCC2)nc1.N. The molecule has 0 spiro atoms. The molecule has 1 aliphatic heterocycles. The molecule has 5 heteroatoms. The van der Waals surface area contributed by atoms with Crippen LogP contribution in [0.15, 0.2) is 12.4 Å². The van der Waals surface area contributed by atoms with Crippen molar-refractivity contribution in [2.24, 2.45) is 5.92 Å². The van der Waals surface area contributed by atoms with E-state index in [-0.39, 0.29) is 6.15 Å². The Balaban J connectivity index is 0.00000128. The molecule has 0 aliphatic carbocycles. The molecule has 16 heavy (non-hydrogen) atoms. The van der Waals surface area contributed by atoms with Crippen molar-refractivity contribution in [1.82, 2.24) is 21.4 Å². The van der Waals surface area contributed by atoms with Gasteiger partial charge in [-0.3, -0.25) is 0 Å². The highest BCUT2D eigenvalue weighted by atomic mass is 15.1. The summed E-state index contributed by atoms with van der Waals surface area (Å²) in [6.07, 6.45) is 6.19. The first-order chi connectivity index (χ1) is 7.34. The highest BCUT2D eigenvalue weighted by Crippen LogP contribution is 2.11. The topological polar surface area (TPSA) is 84.8 Å². The molecule has 0 unspecified atom stereocenters. The van der Waals surface area contributed by atoms with Crippen molar-refractivity contribution < 1.29 is 0 Å². The number of aromatic nitrogens is 2. The predicted molar refractivity (Wildman–Crippen MR) is 65.9 cm³/mol. The number of hydrogen-bond acceptors (Lipinski definition) is 5. The molecule has 90 valence electrons. The normalized spacial score (nSPS) is 16.6. The number of rotatable bonds is 3. The lowest BCUT2D eigenvalue weighted by atomic mass is 9.98. The van der Waals surface area contributed by atoms with Crippen LogP contribution >= 0.6 is 0 Å². The van der Waals surface area contributed by atoms with Crippen LogP contribution in [0.3, 0.4) is 0 Å². The highest BCUT2D eigenvalue weighted by molar-refractivity contribution is 5.24. The van der Waals surface area contributed by atoms with Crippen molar-refractivity contribution in [2.45, 2.75) is 19.8 Å². The maximum atomic E-state index is 4.22. The van der Waals surface area contributed by atoms with Crippen LogP contribution in [0.25, 0.3) is 0 Å². The molecule has 1 aromatic rings. The number of aryl methyl sites for hydroxylation is 1. The Bertz CT molecular complexity index is 292. The summed E-state index contributed by atoms with van der Waals surface area (Å²) in [5.74, 6) is 1.51. The van der Waals surface area contributed by atoms with Crippen molar-refractivity contribution >= 4 is 5.95 Å². The van der Waals surface area contributed by atoms with Gasteiger partial charge in [0.15, 0.2) is 0 Å². The maximum absolute atomic E-state index is 4.22. The van der Waals surface area contributed by atoms with Crippen LogP contribution in [-0.2, 0) is 0 Å². The lowest BCUT2D eigenvalue weighted by Crippen LogP contribution is -2.31. The number of piperidine rings is 1. The van der Waals surface area contributed by atoms with Gasteiger partial charge in [-0.05, 0) is 44.3 Å². The fourth-order valence-corrected chi connectivity index (χ4v) is 1.81. The van der Waals surface area contributed by atoms with E-state index in [1.165, 1.54) is 12.8 Å². The Morgan fingerprint density at radius 2 is 1.94 bits per heavy atom. The number of nitrogens with one attached hydrogen (secondary N) is 2. The van der Waals surface area contributed by atoms with Gasteiger partial charge in [0.05, 0.1) is 0 Å². The zero-order valence-electron chi connectivity index (χ0n) is 9.87. The van der Waals surface area contributed by atoms with E-state index < -0.39 is 0 Å². The highest BCUT2D eigenvalue weighted by Gasteiger charge is 2.12. The van der Waals surface area contributed by atoms with Crippen LogP contribution in [0.2, 0.25) is 0 Å². The fraction of sp³-hybridized carbons (Fsp3) is 0.636. The van der Waals surface area contributed by atoms with Crippen molar-refractivity contribution in [3.05, 3.63) is 18.0 Å². The molecule has 0 amide bonds. The van der Waals surface area contributed by atoms with Crippen LogP contribution in [0.1, 0.15) is 18.4 Å². The molecule has 5 nitrogen and oxygen atoms in total. The Kier molecular flexibility index (Phi) is 5.14. The second-order valence-electron chi connectivity index (χ2n) is 4.16. The van der Waals surface area contributed by atoms with E-state index in [1.54, 1.807) is 0 Å². The molecule has 1 aliphatic rings. The third-order valence-corrected chi connectivity index (χ3v) is 2.79. The van der Waals surface area contributed by atoms with Gasteiger partial charge < -0.3 is 16.8 Å². The minimum Gasteiger partial charge on any atom is -0.354 e. The summed E-state index contributed by atoms with van der Waals surface area (Å²) in [6.45, 7) is 5.27. The minimum absolute atomic E-state index is 0. The third kappa shape index (κ3) is 3.75. The fourth-order valence-electron chi connectivity index (χ4n) is 1.81. The van der Waals surface area contributed by atoms with Gasteiger partial charge in [-0.25, -0.2) is 9.97 Å². The third-order valence-electron chi connectivity index (χ3n) is 2.79. The Morgan fingerprint density at radius 1 is 1.31 bits per heavy atom. The summed E-state index contributed by atoms with van der Waals surface area (Å²) in [5, 5.41) is 6.65. The molecular weight excluding hydrogens is 202 g/mol. The first-order valence-electron chi connectivity index (χ1n) is 5.58. The summed E-state index contributed by atoms with van der Waals surface area (Å²) < 4.78 is 0. The van der Waals surface area contributed by atoms with Crippen molar-refractivity contribution in [3.63, 3.8) is 0 Å². The van der Waals surface area contributed by atoms with E-state index in [4.69, 9.17) is 0 Å². The molecule has 5 N–H and O–H groups in total. The summed E-state index contributed by atoms with van der Waals surface area (Å²) in [4.78, 5) is 8.45. The summed E-state index contributed by atoms with van der Waals surface area (Å²) in [7, 11) is 0. The van der Waals surface area contributed by atoms with Gasteiger partial charge in [-0.2, -0.15) is 0 Å². The molecule has 0 saturated carbocycles. The largest absolute Gasteiger partial charge is 0.354 e. The lowest BCUT2D eigenvalue weighted by molar-refractivity contribution is 0.389. The lowest BCUT2D eigenvalue weighted by Gasteiger charge is -2.22. The Morgan fingerprint density at radius 3 is 2.56 bits per heavy atom. The monoisotopic (exact) mass is 223 g/mol. The maximum Gasteiger partial charge on any atom is 0.222 e. The van der Waals surface area contributed by atoms with Crippen molar-refractivity contribution in [2.75, 3.05) is 25.0 Å². The minimum atomic E-state index is 0. The van der Waals surface area contributed by atoms with E-state index in [9.17, 15) is 0 Å². The molecule has 1 fully saturated rings. The molecule has 0 aromatic carbocycles. The van der Waals surface area contributed by atoms with Gasteiger partial charge in [0.25, 0.3) is 0 Å². The molecule has 0 atom stereocenters. The summed E-state index contributed by atoms with van der Waals surface area (Å²) in [6, 6.07) is 0. The molecular formula is C11H21N5. The van der Waals surface area contributed by atoms with Gasteiger partial charge in [-0.15, -0.1) is 0 Å². The average Bonchev–Trinajstić information content (AvgIpc) is 2.30. The molecule has 0 radical (unpaired) electrons. The van der Waals surface area contributed by atoms with Gasteiger partial charge in [0, 0.05) is 18.9 Å². The number of hydrogen-bond donors (Lipinski definition) is 3. The van der Waals surface area contributed by atoms with Crippen molar-refractivity contribution in [1.29, 1.82) is 0 Å². The molecule has 0 bridgehead atoms. The van der Waals surface area contributed by atoms with Crippen LogP contribution in [0.5, 0.6) is 0 Å². The Labute approximate surface area is 96.7 Å². The quantitative estimate of drug-likeness (QED) is 0.720. The number of anilines is 1. The smallest absolute Gasteiger partial charge is 0.222 e. The predicted octanol–water partition coefficient (Wildman–Crippen LogP) is 1.36. The summed E-state index contributed by atoms with van der Waals surface area (Å²) >= 11 is 0. The Hall–Kier alpha value is -1.20. The van der Waals surface area contributed by atoms with Crippen molar-refractivity contribution in [3.8, 4) is 0 Å². The second kappa shape index (κ2) is 6.40. The molecule has 1 saturated heterocycles. The van der Waals surface area contributed by atoms with E-state index in [1.807, 2.05) is 19.3 Å². The first kappa shape index (κ1) is 12.9. The van der Waals surface area contributed by atoms with Gasteiger partial charge >= 0.3 is 0 Å². The molecule has 1 aromatic heterocycles. The van der Waals surface area contributed by atoms with Crippen LogP contribution < -0.4 is 16.8 Å². The second-order valence-corrected chi connectivity index (χ2v) is 4.16. The van der Waals surface area contributed by atoms with Crippen LogP contribution in [-0.4, -0.2) is 29.6 Å². The zero-order chi connectivity index (χ0) is 10.5. The van der Waals surface area contributed by atoms with E-state index >= 15 is 0 Å². The molecule has 2 heterocycles. The van der Waals surface area contributed by atoms with E-state index in [0.717, 1.165) is 37.1 Å². The van der Waals surface area contributed by atoms with Crippen LogP contribution in [0, 0.1) is 12.8 Å². The van der Waals surface area contributed by atoms with Gasteiger partial charge in [0.1, 0.15) is 0 Å². The van der Waals surface area contributed by atoms with E-state index in [2.05, 4.69) is 20.6 Å². The van der Waals surface area contributed by atoms with Gasteiger partial charge in [-0.1, -0.05) is 0 Å². The average molecular weight is 223 g/mol.